The van der Waals surface area contributed by atoms with E-state index in [9.17, 15) is 0 Å². The first-order chi connectivity index (χ1) is 6.27. The van der Waals surface area contributed by atoms with Crippen molar-refractivity contribution in [3.05, 3.63) is 47.0 Å². The van der Waals surface area contributed by atoms with Gasteiger partial charge in [-0.1, -0.05) is 34.1 Å². The minimum absolute atomic E-state index is 0.120. The summed E-state index contributed by atoms with van der Waals surface area (Å²) in [5, 5.41) is 0. The second-order valence-corrected chi connectivity index (χ2v) is 3.72. The van der Waals surface area contributed by atoms with Crippen LogP contribution in [0.3, 0.4) is 0 Å². The monoisotopic (exact) mass is 240 g/mol. The lowest BCUT2D eigenvalue weighted by atomic mass is 10.1. The highest BCUT2D eigenvalue weighted by molar-refractivity contribution is 9.10. The molecule has 0 aliphatic rings. The molecular weight excluding hydrogens is 228 g/mol. The van der Waals surface area contributed by atoms with Gasteiger partial charge >= 0.3 is 0 Å². The summed E-state index contributed by atoms with van der Waals surface area (Å²) >= 11 is 3.43. The molecule has 13 heavy (non-hydrogen) atoms. The number of hydrogen-bond donors (Lipinski definition) is 0. The Labute approximate surface area is 87.5 Å². The third-order valence-electron chi connectivity index (χ3n) is 1.89. The van der Waals surface area contributed by atoms with Gasteiger partial charge in [0.15, 0.2) is 0 Å². The van der Waals surface area contributed by atoms with Crippen LogP contribution in [0, 0.1) is 0 Å². The lowest BCUT2D eigenvalue weighted by Crippen LogP contribution is -1.99. The Kier molecular flexibility index (Phi) is 4.19. The fourth-order valence-corrected chi connectivity index (χ4v) is 1.64. The predicted octanol–water partition coefficient (Wildman–Crippen LogP) is 3.71. The van der Waals surface area contributed by atoms with E-state index >= 15 is 0 Å². The van der Waals surface area contributed by atoms with Gasteiger partial charge in [0, 0.05) is 11.6 Å². The molecule has 0 amide bonds. The second-order valence-electron chi connectivity index (χ2n) is 2.80. The zero-order valence-corrected chi connectivity index (χ0v) is 9.25. The summed E-state index contributed by atoms with van der Waals surface area (Å²) in [4.78, 5) is 0. The molecule has 70 valence electrons. The molecule has 2 heteroatoms. The van der Waals surface area contributed by atoms with Crippen molar-refractivity contribution in [1.29, 1.82) is 0 Å². The van der Waals surface area contributed by atoms with Crippen LogP contribution in [0.15, 0.2) is 41.4 Å². The first kappa shape index (κ1) is 10.5. The van der Waals surface area contributed by atoms with E-state index in [2.05, 4.69) is 34.6 Å². The average molecular weight is 241 g/mol. The molecule has 1 aromatic carbocycles. The van der Waals surface area contributed by atoms with Crippen LogP contribution < -0.4 is 0 Å². The molecule has 0 saturated carbocycles. The second kappa shape index (κ2) is 5.20. The van der Waals surface area contributed by atoms with Crippen molar-refractivity contribution in [3.8, 4) is 0 Å². The van der Waals surface area contributed by atoms with Crippen LogP contribution in [-0.4, -0.2) is 7.11 Å². The van der Waals surface area contributed by atoms with Crippen LogP contribution in [0.2, 0.25) is 0 Å². The van der Waals surface area contributed by atoms with E-state index < -0.39 is 0 Å². The summed E-state index contributed by atoms with van der Waals surface area (Å²) < 4.78 is 6.42. The Morgan fingerprint density at radius 2 is 2.38 bits per heavy atom. The third kappa shape index (κ3) is 2.98. The summed E-state index contributed by atoms with van der Waals surface area (Å²) in [5.74, 6) is 0. The number of hydrogen-bond acceptors (Lipinski definition) is 1. The highest BCUT2D eigenvalue weighted by atomic mass is 79.9. The Morgan fingerprint density at radius 3 is 2.92 bits per heavy atom. The third-order valence-corrected chi connectivity index (χ3v) is 2.38. The van der Waals surface area contributed by atoms with Gasteiger partial charge in [0.05, 0.1) is 6.10 Å². The molecule has 1 rings (SSSR count). The van der Waals surface area contributed by atoms with Crippen LogP contribution in [0.25, 0.3) is 0 Å². The fraction of sp³-hybridized carbons (Fsp3) is 0.273. The summed E-state index contributed by atoms with van der Waals surface area (Å²) in [7, 11) is 1.72. The molecule has 0 bridgehead atoms. The number of ether oxygens (including phenoxy) is 1. The van der Waals surface area contributed by atoms with E-state index in [1.54, 1.807) is 7.11 Å². The van der Waals surface area contributed by atoms with Crippen molar-refractivity contribution in [2.75, 3.05) is 7.11 Å². The molecule has 0 spiro atoms. The van der Waals surface area contributed by atoms with Gasteiger partial charge in [-0.15, -0.1) is 6.58 Å². The van der Waals surface area contributed by atoms with Gasteiger partial charge in [-0.05, 0) is 24.1 Å². The molecule has 0 aliphatic carbocycles. The minimum Gasteiger partial charge on any atom is -0.376 e. The van der Waals surface area contributed by atoms with Crippen molar-refractivity contribution in [2.45, 2.75) is 12.5 Å². The van der Waals surface area contributed by atoms with Gasteiger partial charge < -0.3 is 4.74 Å². The Balaban J connectivity index is 2.84. The predicted molar refractivity (Wildman–Crippen MR) is 58.7 cm³/mol. The minimum atomic E-state index is 0.120. The fourth-order valence-electron chi connectivity index (χ4n) is 1.23. The highest BCUT2D eigenvalue weighted by Crippen LogP contribution is 2.23. The number of halogens is 1. The maximum Gasteiger partial charge on any atom is 0.0855 e. The average Bonchev–Trinajstić information content (AvgIpc) is 2.14. The Bertz CT molecular complexity index is 283. The summed E-state index contributed by atoms with van der Waals surface area (Å²) in [5.41, 5.74) is 1.18. The van der Waals surface area contributed by atoms with Gasteiger partial charge in [-0.2, -0.15) is 0 Å². The van der Waals surface area contributed by atoms with E-state index in [4.69, 9.17) is 4.74 Å². The van der Waals surface area contributed by atoms with Crippen molar-refractivity contribution < 1.29 is 4.74 Å². The standard InChI is InChI=1S/C11H13BrO/c1-3-5-11(13-2)9-6-4-7-10(12)8-9/h3-4,6-8,11H,1,5H2,2H3. The highest BCUT2D eigenvalue weighted by Gasteiger charge is 2.07. The molecule has 0 saturated heterocycles. The molecule has 1 atom stereocenters. The van der Waals surface area contributed by atoms with Gasteiger partial charge in [0.1, 0.15) is 0 Å². The maximum absolute atomic E-state index is 5.34. The van der Waals surface area contributed by atoms with Gasteiger partial charge in [0.25, 0.3) is 0 Å². The van der Waals surface area contributed by atoms with Crippen LogP contribution in [0.1, 0.15) is 18.1 Å². The molecule has 0 aliphatic heterocycles. The normalized spacial score (nSPS) is 12.5. The van der Waals surface area contributed by atoms with Crippen LogP contribution in [0.4, 0.5) is 0 Å². The summed E-state index contributed by atoms with van der Waals surface area (Å²) in [6.45, 7) is 3.70. The molecule has 0 heterocycles. The zero-order valence-electron chi connectivity index (χ0n) is 7.66. The van der Waals surface area contributed by atoms with E-state index in [1.807, 2.05) is 18.2 Å². The maximum atomic E-state index is 5.34. The van der Waals surface area contributed by atoms with Crippen molar-refractivity contribution >= 4 is 15.9 Å². The molecule has 1 unspecified atom stereocenters. The largest absolute Gasteiger partial charge is 0.376 e. The van der Waals surface area contributed by atoms with E-state index in [0.717, 1.165) is 10.9 Å². The van der Waals surface area contributed by atoms with E-state index in [1.165, 1.54) is 5.56 Å². The van der Waals surface area contributed by atoms with Crippen molar-refractivity contribution in [3.63, 3.8) is 0 Å². The number of rotatable bonds is 4. The smallest absolute Gasteiger partial charge is 0.0855 e. The van der Waals surface area contributed by atoms with Crippen LogP contribution in [-0.2, 0) is 4.74 Å². The molecular formula is C11H13BrO. The summed E-state index contributed by atoms with van der Waals surface area (Å²) in [6.07, 6.45) is 2.83. The SMILES string of the molecule is C=CCC(OC)c1cccc(Br)c1. The molecule has 0 radical (unpaired) electrons. The zero-order chi connectivity index (χ0) is 9.68. The van der Waals surface area contributed by atoms with E-state index in [-0.39, 0.29) is 6.10 Å². The first-order valence-electron chi connectivity index (χ1n) is 4.17. The Hall–Kier alpha value is -0.600. The van der Waals surface area contributed by atoms with E-state index in [0.29, 0.717) is 0 Å². The van der Waals surface area contributed by atoms with Crippen molar-refractivity contribution in [2.24, 2.45) is 0 Å². The molecule has 0 fully saturated rings. The first-order valence-corrected chi connectivity index (χ1v) is 4.96. The quantitative estimate of drug-likeness (QED) is 0.730. The van der Waals surface area contributed by atoms with Gasteiger partial charge in [0.2, 0.25) is 0 Å². The van der Waals surface area contributed by atoms with Crippen molar-refractivity contribution in [1.82, 2.24) is 0 Å². The topological polar surface area (TPSA) is 9.23 Å². The summed E-state index contributed by atoms with van der Waals surface area (Å²) in [6, 6.07) is 8.14. The van der Waals surface area contributed by atoms with Gasteiger partial charge in [-0.3, -0.25) is 0 Å². The molecule has 1 aromatic rings. The van der Waals surface area contributed by atoms with Crippen LogP contribution >= 0.6 is 15.9 Å². The molecule has 0 aromatic heterocycles. The molecule has 0 N–H and O–H groups in total. The number of benzene rings is 1. The Morgan fingerprint density at radius 1 is 1.62 bits per heavy atom. The lowest BCUT2D eigenvalue weighted by molar-refractivity contribution is 0.106. The lowest BCUT2D eigenvalue weighted by Gasteiger charge is -2.13. The van der Waals surface area contributed by atoms with Gasteiger partial charge in [-0.25, -0.2) is 0 Å². The molecule has 1 nitrogen and oxygen atoms in total. The van der Waals surface area contributed by atoms with Crippen LogP contribution in [0.5, 0.6) is 0 Å². The number of methoxy groups -OCH3 is 1.